The lowest BCUT2D eigenvalue weighted by Gasteiger charge is -2.22. The van der Waals surface area contributed by atoms with Crippen molar-refractivity contribution in [3.63, 3.8) is 0 Å². The van der Waals surface area contributed by atoms with E-state index in [1.165, 1.54) is 6.20 Å². The third-order valence-electron chi connectivity index (χ3n) is 3.04. The van der Waals surface area contributed by atoms with Crippen LogP contribution in [0.2, 0.25) is 1.41 Å². The number of halogens is 1. The second-order valence-electron chi connectivity index (χ2n) is 4.10. The van der Waals surface area contributed by atoms with Crippen LogP contribution in [-0.2, 0) is 4.74 Å². The Balaban J connectivity index is 2.14. The first-order chi connectivity index (χ1) is 8.66. The molecule has 1 aromatic rings. The molecule has 1 aromatic heterocycles. The van der Waals surface area contributed by atoms with Crippen LogP contribution in [0.5, 0.6) is 0 Å². The summed E-state index contributed by atoms with van der Waals surface area (Å²) in [6, 6.07) is 0.0875. The van der Waals surface area contributed by atoms with Gasteiger partial charge in [0.1, 0.15) is 5.35 Å². The number of fused-ring (bicyclic) bond motifs is 1. The third-order valence-corrected chi connectivity index (χ3v) is 3.25. The largest absolute Gasteiger partial charge is 0.381 e. The fourth-order valence-electron chi connectivity index (χ4n) is 2.23. The van der Waals surface area contributed by atoms with Crippen LogP contribution in [-0.4, -0.2) is 28.4 Å². The van der Waals surface area contributed by atoms with Crippen molar-refractivity contribution in [2.45, 2.75) is 24.5 Å². The summed E-state index contributed by atoms with van der Waals surface area (Å²) in [5.41, 5.74) is -0.458. The molecule has 0 saturated carbocycles. The third kappa shape index (κ3) is 1.87. The minimum atomic E-state index is -0.793. The lowest BCUT2D eigenvalue weighted by atomic mass is 10.1. The molecule has 7 heteroatoms. The summed E-state index contributed by atoms with van der Waals surface area (Å²) in [5.74, 6) is 0. The van der Waals surface area contributed by atoms with Crippen LogP contribution in [0.1, 0.15) is 18.9 Å². The zero-order chi connectivity index (χ0) is 12.7. The quantitative estimate of drug-likeness (QED) is 0.501. The number of rotatable bonds is 1. The van der Waals surface area contributed by atoms with Gasteiger partial charge in [-0.05, 0) is 12.8 Å². The number of H-pyrrole nitrogens is 1. The van der Waals surface area contributed by atoms with Crippen molar-refractivity contribution in [3.8, 4) is 0 Å². The summed E-state index contributed by atoms with van der Waals surface area (Å²) in [6.45, 7) is 1.30. The first-order valence-corrected chi connectivity index (χ1v) is 5.99. The topological polar surface area (TPSA) is 71.4 Å². The molecule has 3 heterocycles. The molecule has 1 unspecified atom stereocenters. The highest BCUT2D eigenvalue weighted by Gasteiger charge is 2.21. The van der Waals surface area contributed by atoms with E-state index in [1.54, 1.807) is 4.57 Å². The van der Waals surface area contributed by atoms with Gasteiger partial charge in [-0.1, -0.05) is 11.6 Å². The van der Waals surface area contributed by atoms with Gasteiger partial charge in [0.05, 0.1) is 0 Å². The standard InChI is InChI=1S/C10H13ClN4O2/c11-9-12-5-7-8(14-9)15(10(16)13-7)6-1-3-17-4-2-6/h5-6,9,12H,1-4H2,(H,13,16)/i/hD. The van der Waals surface area contributed by atoms with Gasteiger partial charge >= 0.3 is 5.69 Å². The van der Waals surface area contributed by atoms with Gasteiger partial charge in [0.2, 0.25) is 0 Å². The van der Waals surface area contributed by atoms with Gasteiger partial charge in [-0.2, -0.15) is 0 Å². The van der Waals surface area contributed by atoms with Gasteiger partial charge in [-0.3, -0.25) is 4.57 Å². The van der Waals surface area contributed by atoms with Crippen molar-refractivity contribution in [1.82, 2.24) is 14.9 Å². The van der Waals surface area contributed by atoms with Crippen LogP contribution in [0.3, 0.4) is 0 Å². The Labute approximate surface area is 103 Å². The molecule has 0 spiro atoms. The van der Waals surface area contributed by atoms with Crippen molar-refractivity contribution in [1.29, 1.82) is 0 Å². The average Bonchev–Trinajstić information content (AvgIpc) is 2.66. The SMILES string of the molecule is [2H]N1C=c2[nH]c(=O)n(C3CCOCC3)c2=NC1Cl. The molecule has 0 aromatic carbocycles. The predicted octanol–water partition coefficient (Wildman–Crippen LogP) is -0.989. The number of hydrogen-bond acceptors (Lipinski definition) is 4. The predicted molar refractivity (Wildman–Crippen MR) is 62.2 cm³/mol. The number of nitrogens with zero attached hydrogens (tertiary/aromatic N) is 2. The van der Waals surface area contributed by atoms with Crippen LogP contribution in [0.15, 0.2) is 9.79 Å². The first kappa shape index (κ1) is 9.73. The van der Waals surface area contributed by atoms with E-state index < -0.39 is 5.62 Å². The molecule has 6 nitrogen and oxygen atoms in total. The maximum atomic E-state index is 12.0. The van der Waals surface area contributed by atoms with E-state index in [0.717, 1.165) is 18.2 Å². The van der Waals surface area contributed by atoms with Crippen LogP contribution in [0.25, 0.3) is 6.20 Å². The number of imidazole rings is 1. The Kier molecular flexibility index (Phi) is 2.40. The van der Waals surface area contributed by atoms with Crippen LogP contribution < -0.4 is 21.8 Å². The maximum absolute atomic E-state index is 12.0. The zero-order valence-electron chi connectivity index (χ0n) is 10.1. The summed E-state index contributed by atoms with van der Waals surface area (Å²) in [7, 11) is 0. The van der Waals surface area contributed by atoms with Crippen molar-refractivity contribution < 1.29 is 6.15 Å². The lowest BCUT2D eigenvalue weighted by molar-refractivity contribution is 0.0677. The van der Waals surface area contributed by atoms with Gasteiger partial charge < -0.3 is 15.0 Å². The molecule has 0 radical (unpaired) electrons. The van der Waals surface area contributed by atoms with E-state index in [0.29, 0.717) is 24.1 Å². The van der Waals surface area contributed by atoms with Crippen LogP contribution in [0, 0.1) is 0 Å². The molecule has 2 N–H and O–H groups in total. The van der Waals surface area contributed by atoms with Crippen molar-refractivity contribution in [2.75, 3.05) is 13.2 Å². The van der Waals surface area contributed by atoms with Crippen LogP contribution in [0.4, 0.5) is 0 Å². The van der Waals surface area contributed by atoms with Gasteiger partial charge in [0, 0.05) is 25.5 Å². The summed E-state index contributed by atoms with van der Waals surface area (Å²) in [5, 5.41) is 1.55. The van der Waals surface area contributed by atoms with E-state index in [-0.39, 0.29) is 11.7 Å². The molecular weight excluding hydrogens is 244 g/mol. The van der Waals surface area contributed by atoms with Crippen LogP contribution >= 0.6 is 11.6 Å². The molecule has 2 aliphatic heterocycles. The minimum absolute atomic E-state index is 0.0875. The number of ether oxygens (including phenoxy) is 1. The van der Waals surface area contributed by atoms with Crippen molar-refractivity contribution >= 4 is 17.8 Å². The van der Waals surface area contributed by atoms with E-state index in [1.807, 2.05) is 0 Å². The molecule has 0 aliphatic carbocycles. The molecule has 92 valence electrons. The van der Waals surface area contributed by atoms with E-state index in [9.17, 15) is 4.79 Å². The lowest BCUT2D eigenvalue weighted by Crippen LogP contribution is -2.42. The highest BCUT2D eigenvalue weighted by molar-refractivity contribution is 6.20. The fraction of sp³-hybridized carbons (Fsp3) is 0.600. The number of aromatic amines is 1. The van der Waals surface area contributed by atoms with E-state index in [4.69, 9.17) is 17.7 Å². The number of aromatic nitrogens is 2. The highest BCUT2D eigenvalue weighted by Crippen LogP contribution is 2.16. The zero-order valence-corrected chi connectivity index (χ0v) is 9.85. The van der Waals surface area contributed by atoms with Crippen molar-refractivity contribution in [2.24, 2.45) is 4.99 Å². The summed E-state index contributed by atoms with van der Waals surface area (Å²) in [4.78, 5) is 18.9. The summed E-state index contributed by atoms with van der Waals surface area (Å²) in [6.07, 6.45) is 3.06. The van der Waals surface area contributed by atoms with E-state index >= 15 is 0 Å². The first-order valence-electron chi connectivity index (χ1n) is 6.01. The molecule has 0 bridgehead atoms. The van der Waals surface area contributed by atoms with Crippen molar-refractivity contribution in [3.05, 3.63) is 21.3 Å². The Hall–Kier alpha value is -1.27. The molecule has 1 saturated heterocycles. The number of alkyl halides is 1. The Morgan fingerprint density at radius 2 is 2.35 bits per heavy atom. The molecule has 2 aliphatic rings. The van der Waals surface area contributed by atoms with E-state index in [2.05, 4.69) is 9.98 Å². The molecule has 1 fully saturated rings. The Morgan fingerprint density at radius 1 is 1.59 bits per heavy atom. The number of hydrogen-bond donors (Lipinski definition) is 2. The van der Waals surface area contributed by atoms with Gasteiger partial charge in [0.25, 0.3) is 0 Å². The summed E-state index contributed by atoms with van der Waals surface area (Å²) >= 11 is 5.90. The fourth-order valence-corrected chi connectivity index (χ4v) is 2.38. The molecule has 3 rings (SSSR count). The minimum Gasteiger partial charge on any atom is -0.381 e. The molecular formula is C10H13ClN4O2. The van der Waals surface area contributed by atoms with Gasteiger partial charge in [0.15, 0.2) is 12.5 Å². The maximum Gasteiger partial charge on any atom is 0.327 e. The highest BCUT2D eigenvalue weighted by atomic mass is 35.5. The Bertz CT molecular complexity index is 619. The van der Waals surface area contributed by atoms with Gasteiger partial charge in [-0.25, -0.2) is 9.79 Å². The molecule has 17 heavy (non-hydrogen) atoms. The normalized spacial score (nSPS) is 25.8. The monoisotopic (exact) mass is 257 g/mol. The average molecular weight is 258 g/mol. The smallest absolute Gasteiger partial charge is 0.327 e. The van der Waals surface area contributed by atoms with Gasteiger partial charge in [-0.15, -0.1) is 0 Å². The second-order valence-corrected chi connectivity index (χ2v) is 4.49. The second kappa shape index (κ2) is 4.19. The molecule has 1 atom stereocenters. The molecule has 0 amide bonds. The summed E-state index contributed by atoms with van der Waals surface area (Å²) < 4.78 is 14.5. The number of nitrogens with one attached hydrogen (secondary N) is 2. The Morgan fingerprint density at radius 3 is 3.12 bits per heavy atom.